The number of halogens is 1. The van der Waals surface area contributed by atoms with Crippen LogP contribution in [0.3, 0.4) is 0 Å². The molecule has 166 valence electrons. The molecular formula is C22H23ClN6O3. The second-order valence-electron chi connectivity index (χ2n) is 8.41. The quantitative estimate of drug-likeness (QED) is 0.477. The number of H-pyrrole nitrogens is 1. The van der Waals surface area contributed by atoms with Crippen molar-refractivity contribution >= 4 is 22.8 Å². The fourth-order valence-corrected chi connectivity index (χ4v) is 4.58. The highest BCUT2D eigenvalue weighted by Crippen LogP contribution is 2.34. The minimum absolute atomic E-state index is 0.142. The van der Waals surface area contributed by atoms with Crippen molar-refractivity contribution in [2.75, 3.05) is 7.11 Å². The third-order valence-electron chi connectivity index (χ3n) is 6.10. The fraction of sp³-hybridized carbons (Fsp3) is 0.409. The number of imidazole rings is 1. The molecule has 0 radical (unpaired) electrons. The van der Waals surface area contributed by atoms with Gasteiger partial charge >= 0.3 is 5.76 Å². The first-order valence-electron chi connectivity index (χ1n) is 10.6. The summed E-state index contributed by atoms with van der Waals surface area (Å²) in [6.45, 7) is 3.16. The number of methoxy groups -OCH3 is 1. The van der Waals surface area contributed by atoms with Crippen LogP contribution in [0.15, 0.2) is 33.8 Å². The van der Waals surface area contributed by atoms with E-state index >= 15 is 0 Å². The molecule has 10 heteroatoms. The maximum absolute atomic E-state index is 11.5. The normalized spacial score (nSPS) is 18.8. The van der Waals surface area contributed by atoms with Gasteiger partial charge in [0.05, 0.1) is 13.4 Å². The summed E-state index contributed by atoms with van der Waals surface area (Å²) in [4.78, 5) is 27.8. The lowest BCUT2D eigenvalue weighted by atomic mass is 9.83. The van der Waals surface area contributed by atoms with Crippen LogP contribution in [-0.2, 0) is 6.54 Å². The Labute approximate surface area is 188 Å². The summed E-state index contributed by atoms with van der Waals surface area (Å²) < 4.78 is 12.2. The van der Waals surface area contributed by atoms with E-state index in [4.69, 9.17) is 21.3 Å². The smallest absolute Gasteiger partial charge is 0.439 e. The van der Waals surface area contributed by atoms with E-state index in [-0.39, 0.29) is 11.6 Å². The molecule has 1 aliphatic rings. The van der Waals surface area contributed by atoms with Crippen LogP contribution in [0.4, 0.5) is 0 Å². The summed E-state index contributed by atoms with van der Waals surface area (Å²) >= 11 is 6.35. The molecule has 0 bridgehead atoms. The van der Waals surface area contributed by atoms with Crippen molar-refractivity contribution in [3.63, 3.8) is 0 Å². The van der Waals surface area contributed by atoms with Crippen molar-refractivity contribution in [2.45, 2.75) is 39.2 Å². The Kier molecular flexibility index (Phi) is 5.42. The van der Waals surface area contributed by atoms with Crippen molar-refractivity contribution in [2.24, 2.45) is 11.8 Å². The van der Waals surface area contributed by atoms with Gasteiger partial charge in [-0.15, -0.1) is 0 Å². The number of hydrogen-bond donors (Lipinski definition) is 1. The van der Waals surface area contributed by atoms with Gasteiger partial charge in [-0.25, -0.2) is 19.7 Å². The van der Waals surface area contributed by atoms with Gasteiger partial charge in [0.15, 0.2) is 5.65 Å². The van der Waals surface area contributed by atoms with E-state index in [0.717, 1.165) is 23.5 Å². The monoisotopic (exact) mass is 454 g/mol. The Bertz CT molecular complexity index is 1320. The Balaban J connectivity index is 1.66. The fourth-order valence-electron chi connectivity index (χ4n) is 4.36. The SMILES string of the molecule is COc1cc(Cl)cc(-c2nc(-c3noc(=O)[nH]3)nc3ncn(C[C@H]4CC[C@H](C)CC4)c23)c1. The van der Waals surface area contributed by atoms with Crippen LogP contribution in [0.1, 0.15) is 32.6 Å². The number of benzene rings is 1. The van der Waals surface area contributed by atoms with Gasteiger partial charge in [0.2, 0.25) is 11.6 Å². The number of nitrogens with zero attached hydrogens (tertiary/aromatic N) is 5. The second kappa shape index (κ2) is 8.38. The summed E-state index contributed by atoms with van der Waals surface area (Å²) in [6, 6.07) is 5.42. The Morgan fingerprint density at radius 2 is 2.03 bits per heavy atom. The van der Waals surface area contributed by atoms with Crippen molar-refractivity contribution < 1.29 is 9.26 Å². The van der Waals surface area contributed by atoms with E-state index in [1.807, 2.05) is 12.1 Å². The van der Waals surface area contributed by atoms with Crippen LogP contribution in [0, 0.1) is 11.8 Å². The van der Waals surface area contributed by atoms with Gasteiger partial charge in [0.25, 0.3) is 0 Å². The number of aromatic amines is 1. The maximum atomic E-state index is 11.5. The predicted octanol–water partition coefficient (Wildman–Crippen LogP) is 4.32. The molecule has 0 atom stereocenters. The van der Waals surface area contributed by atoms with Crippen molar-refractivity contribution in [3.8, 4) is 28.7 Å². The first-order chi connectivity index (χ1) is 15.5. The number of rotatable bonds is 5. The Hall–Kier alpha value is -3.20. The Morgan fingerprint density at radius 3 is 2.75 bits per heavy atom. The van der Waals surface area contributed by atoms with E-state index < -0.39 is 5.76 Å². The molecule has 1 aromatic carbocycles. The van der Waals surface area contributed by atoms with Crippen molar-refractivity contribution in [1.82, 2.24) is 29.7 Å². The van der Waals surface area contributed by atoms with E-state index in [1.54, 1.807) is 19.5 Å². The maximum Gasteiger partial charge on any atom is 0.439 e. The number of ether oxygens (including phenoxy) is 1. The molecule has 1 saturated carbocycles. The highest BCUT2D eigenvalue weighted by Gasteiger charge is 2.23. The number of nitrogens with one attached hydrogen (secondary N) is 1. The zero-order valence-electron chi connectivity index (χ0n) is 17.8. The highest BCUT2D eigenvalue weighted by molar-refractivity contribution is 6.31. The standard InChI is InChI=1S/C22H23ClN6O3/c1-12-3-5-13(6-4-12)10-29-11-24-19-18(29)17(14-7-15(23)9-16(8-14)31-2)25-20(26-19)21-27-22(30)32-28-21/h7-9,11-13H,3-6,10H2,1-2H3,(H,27,28,30)/t12-,13-. The second-order valence-corrected chi connectivity index (χ2v) is 8.85. The molecule has 0 amide bonds. The lowest BCUT2D eigenvalue weighted by Crippen LogP contribution is -2.17. The molecule has 1 N–H and O–H groups in total. The van der Waals surface area contributed by atoms with Gasteiger partial charge in [-0.3, -0.25) is 9.51 Å². The summed E-state index contributed by atoms with van der Waals surface area (Å²) in [7, 11) is 1.59. The lowest BCUT2D eigenvalue weighted by molar-refractivity contribution is 0.266. The van der Waals surface area contributed by atoms with Gasteiger partial charge in [-0.2, -0.15) is 0 Å². The highest BCUT2D eigenvalue weighted by atomic mass is 35.5. The molecule has 0 unspecified atom stereocenters. The molecule has 1 fully saturated rings. The molecule has 3 heterocycles. The molecule has 0 aliphatic heterocycles. The van der Waals surface area contributed by atoms with E-state index in [9.17, 15) is 4.79 Å². The third kappa shape index (κ3) is 4.00. The van der Waals surface area contributed by atoms with E-state index in [2.05, 4.69) is 36.1 Å². The zero-order chi connectivity index (χ0) is 22.2. The molecule has 32 heavy (non-hydrogen) atoms. The zero-order valence-corrected chi connectivity index (χ0v) is 18.6. The predicted molar refractivity (Wildman–Crippen MR) is 120 cm³/mol. The summed E-state index contributed by atoms with van der Waals surface area (Å²) in [5, 5.41) is 4.26. The number of fused-ring (bicyclic) bond motifs is 1. The first-order valence-corrected chi connectivity index (χ1v) is 11.0. The van der Waals surface area contributed by atoms with Crippen molar-refractivity contribution in [1.29, 1.82) is 0 Å². The molecule has 4 aromatic rings. The number of aromatic nitrogens is 6. The van der Waals surface area contributed by atoms with E-state index in [1.165, 1.54) is 25.7 Å². The molecule has 0 spiro atoms. The van der Waals surface area contributed by atoms with Crippen LogP contribution < -0.4 is 10.5 Å². The van der Waals surface area contributed by atoms with Crippen LogP contribution in [0.25, 0.3) is 34.1 Å². The molecular weight excluding hydrogens is 432 g/mol. The molecule has 9 nitrogen and oxygen atoms in total. The molecule has 0 saturated heterocycles. The summed E-state index contributed by atoms with van der Waals surface area (Å²) in [6.07, 6.45) is 6.68. The average molecular weight is 455 g/mol. The van der Waals surface area contributed by atoms with Gasteiger partial charge in [0.1, 0.15) is 17.0 Å². The van der Waals surface area contributed by atoms with Gasteiger partial charge < -0.3 is 9.30 Å². The average Bonchev–Trinajstić information content (AvgIpc) is 3.40. The molecule has 3 aromatic heterocycles. The minimum Gasteiger partial charge on any atom is -0.497 e. The molecule has 1 aliphatic carbocycles. The largest absolute Gasteiger partial charge is 0.497 e. The van der Waals surface area contributed by atoms with Crippen LogP contribution >= 0.6 is 11.6 Å². The van der Waals surface area contributed by atoms with Crippen molar-refractivity contribution in [3.05, 3.63) is 40.1 Å². The Morgan fingerprint density at radius 1 is 1.22 bits per heavy atom. The molecule has 5 rings (SSSR count). The summed E-state index contributed by atoms with van der Waals surface area (Å²) in [5.74, 6) is 1.67. The van der Waals surface area contributed by atoms with Gasteiger partial charge in [-0.1, -0.05) is 36.5 Å². The minimum atomic E-state index is -0.674. The van der Waals surface area contributed by atoms with Crippen LogP contribution in [-0.4, -0.2) is 36.8 Å². The lowest BCUT2D eigenvalue weighted by Gasteiger charge is -2.26. The van der Waals surface area contributed by atoms with Crippen LogP contribution in [0.5, 0.6) is 5.75 Å². The topological polar surface area (TPSA) is 112 Å². The number of hydrogen-bond acceptors (Lipinski definition) is 7. The first kappa shape index (κ1) is 20.7. The van der Waals surface area contributed by atoms with Crippen LogP contribution in [0.2, 0.25) is 5.02 Å². The van der Waals surface area contributed by atoms with Gasteiger partial charge in [0, 0.05) is 17.1 Å². The third-order valence-corrected chi connectivity index (χ3v) is 6.31. The van der Waals surface area contributed by atoms with Gasteiger partial charge in [-0.05, 0) is 42.9 Å². The summed E-state index contributed by atoms with van der Waals surface area (Å²) in [5.41, 5.74) is 2.71. The van der Waals surface area contributed by atoms with E-state index in [0.29, 0.717) is 28.0 Å².